The largest absolute Gasteiger partial charge is 0.433 e. The summed E-state index contributed by atoms with van der Waals surface area (Å²) in [4.78, 5) is 11.7. The molecule has 1 N–H and O–H groups in total. The second-order valence-corrected chi connectivity index (χ2v) is 7.79. The number of anilines is 1. The van der Waals surface area contributed by atoms with Crippen molar-refractivity contribution in [2.75, 3.05) is 5.32 Å². The summed E-state index contributed by atoms with van der Waals surface area (Å²) >= 11 is 2.32. The zero-order valence-electron chi connectivity index (χ0n) is 13.1. The normalized spacial score (nSPS) is 14.4. The van der Waals surface area contributed by atoms with Gasteiger partial charge in [-0.25, -0.2) is 9.97 Å². The van der Waals surface area contributed by atoms with E-state index in [1.807, 2.05) is 0 Å². The molecule has 0 aliphatic heterocycles. The summed E-state index contributed by atoms with van der Waals surface area (Å²) in [5.74, 6) is -0.00873. The number of aromatic nitrogens is 5. The first kappa shape index (κ1) is 17.2. The second kappa shape index (κ2) is 6.80. The van der Waals surface area contributed by atoms with E-state index >= 15 is 0 Å². The van der Waals surface area contributed by atoms with E-state index in [9.17, 15) is 13.2 Å². The van der Waals surface area contributed by atoms with E-state index in [-0.39, 0.29) is 10.9 Å². The molecule has 134 valence electrons. The fraction of sp³-hybridized carbons (Fsp3) is 0.267. The maximum Gasteiger partial charge on any atom is 0.433 e. The van der Waals surface area contributed by atoms with Crippen molar-refractivity contribution in [3.8, 4) is 11.4 Å². The van der Waals surface area contributed by atoms with E-state index in [2.05, 4.69) is 30.5 Å². The van der Waals surface area contributed by atoms with Crippen LogP contribution in [0, 0.1) is 0 Å². The van der Waals surface area contributed by atoms with Gasteiger partial charge in [-0.15, -0.1) is 10.2 Å². The smallest absolute Gasteiger partial charge is 0.357 e. The Bertz CT molecular complexity index is 911. The van der Waals surface area contributed by atoms with Crippen LogP contribution < -0.4 is 5.32 Å². The highest BCUT2D eigenvalue weighted by molar-refractivity contribution is 8.01. The number of halogens is 3. The first-order chi connectivity index (χ1) is 12.5. The standard InChI is InChI=1S/C15H11F3N6S2/c16-15(17,18)10-7-11(22-12(21-10)8-3-5-19-6-4-8)25-14-24-23-13(26-14)20-9-1-2-9/h3-7,9H,1-2H2,(H,20,23). The van der Waals surface area contributed by atoms with E-state index in [4.69, 9.17) is 0 Å². The van der Waals surface area contributed by atoms with Crippen LogP contribution in [0.1, 0.15) is 18.5 Å². The minimum atomic E-state index is -4.57. The third kappa shape index (κ3) is 4.10. The van der Waals surface area contributed by atoms with Crippen LogP contribution >= 0.6 is 23.1 Å². The minimum Gasteiger partial charge on any atom is -0.357 e. The number of nitrogens with zero attached hydrogens (tertiary/aromatic N) is 5. The van der Waals surface area contributed by atoms with Crippen LogP contribution in [0.15, 0.2) is 40.0 Å². The Labute approximate surface area is 154 Å². The Morgan fingerprint density at radius 2 is 1.88 bits per heavy atom. The van der Waals surface area contributed by atoms with Crippen LogP contribution in [0.2, 0.25) is 0 Å². The summed E-state index contributed by atoms with van der Waals surface area (Å²) in [6, 6.07) is 4.47. The molecule has 1 fully saturated rings. The van der Waals surface area contributed by atoms with Gasteiger partial charge in [0, 0.05) is 30.1 Å². The maximum atomic E-state index is 13.2. The lowest BCUT2D eigenvalue weighted by atomic mass is 10.2. The first-order valence-corrected chi connectivity index (χ1v) is 9.25. The van der Waals surface area contributed by atoms with E-state index in [0.717, 1.165) is 30.7 Å². The van der Waals surface area contributed by atoms with Crippen molar-refractivity contribution in [2.24, 2.45) is 0 Å². The molecule has 3 aromatic heterocycles. The molecule has 0 amide bonds. The molecule has 0 atom stereocenters. The Morgan fingerprint density at radius 1 is 1.12 bits per heavy atom. The summed E-state index contributed by atoms with van der Waals surface area (Å²) in [5.41, 5.74) is -0.538. The Morgan fingerprint density at radius 3 is 2.58 bits per heavy atom. The van der Waals surface area contributed by atoms with Gasteiger partial charge in [0.25, 0.3) is 0 Å². The number of hydrogen-bond donors (Lipinski definition) is 1. The van der Waals surface area contributed by atoms with Gasteiger partial charge in [-0.1, -0.05) is 11.3 Å². The second-order valence-electron chi connectivity index (χ2n) is 5.54. The molecule has 0 bridgehead atoms. The third-order valence-corrected chi connectivity index (χ3v) is 5.26. The highest BCUT2D eigenvalue weighted by atomic mass is 32.2. The molecule has 4 rings (SSSR count). The van der Waals surface area contributed by atoms with Crippen LogP contribution in [0.25, 0.3) is 11.4 Å². The van der Waals surface area contributed by atoms with Gasteiger partial charge in [0.2, 0.25) is 5.13 Å². The Kier molecular flexibility index (Phi) is 4.49. The van der Waals surface area contributed by atoms with Gasteiger partial charge in [-0.05, 0) is 36.7 Å². The lowest BCUT2D eigenvalue weighted by molar-refractivity contribution is -0.141. The molecule has 26 heavy (non-hydrogen) atoms. The molecule has 6 nitrogen and oxygen atoms in total. The lowest BCUT2D eigenvalue weighted by Gasteiger charge is -2.09. The number of alkyl halides is 3. The van der Waals surface area contributed by atoms with Gasteiger partial charge in [-0.3, -0.25) is 4.98 Å². The first-order valence-electron chi connectivity index (χ1n) is 7.62. The SMILES string of the molecule is FC(F)(F)c1cc(Sc2nnc(NC3CC3)s2)nc(-c2ccncc2)n1. The van der Waals surface area contributed by atoms with Crippen molar-refractivity contribution in [3.63, 3.8) is 0 Å². The minimum absolute atomic E-state index is 0.00873. The predicted molar refractivity (Wildman–Crippen MR) is 90.9 cm³/mol. The van der Waals surface area contributed by atoms with Crippen LogP contribution in [0.4, 0.5) is 18.3 Å². The van der Waals surface area contributed by atoms with E-state index in [1.54, 1.807) is 12.1 Å². The summed E-state index contributed by atoms with van der Waals surface area (Å²) in [7, 11) is 0. The van der Waals surface area contributed by atoms with Crippen LogP contribution in [0.5, 0.6) is 0 Å². The lowest BCUT2D eigenvalue weighted by Crippen LogP contribution is -2.10. The molecule has 0 unspecified atom stereocenters. The van der Waals surface area contributed by atoms with Crippen LogP contribution in [0.3, 0.4) is 0 Å². The Balaban J connectivity index is 1.64. The average molecular weight is 396 g/mol. The molecule has 1 aliphatic carbocycles. The predicted octanol–water partition coefficient (Wildman–Crippen LogP) is 4.13. The quantitative estimate of drug-likeness (QED) is 0.650. The fourth-order valence-corrected chi connectivity index (χ4v) is 3.83. The molecule has 0 spiro atoms. The molecule has 0 radical (unpaired) electrons. The van der Waals surface area contributed by atoms with Crippen molar-refractivity contribution in [1.29, 1.82) is 0 Å². The summed E-state index contributed by atoms with van der Waals surface area (Å²) in [6.45, 7) is 0. The van der Waals surface area contributed by atoms with Gasteiger partial charge in [-0.2, -0.15) is 13.2 Å². The number of pyridine rings is 1. The molecule has 0 aromatic carbocycles. The van der Waals surface area contributed by atoms with Gasteiger partial charge in [0.1, 0.15) is 10.7 Å². The van der Waals surface area contributed by atoms with Gasteiger partial charge >= 0.3 is 6.18 Å². The highest BCUT2D eigenvalue weighted by Gasteiger charge is 2.34. The van der Waals surface area contributed by atoms with Gasteiger partial charge in [0.05, 0.1) is 0 Å². The highest BCUT2D eigenvalue weighted by Crippen LogP contribution is 2.36. The van der Waals surface area contributed by atoms with Crippen LogP contribution in [-0.2, 0) is 6.18 Å². The molecule has 1 aliphatic rings. The fourth-order valence-electron chi connectivity index (χ4n) is 2.05. The molecule has 3 heterocycles. The number of hydrogen-bond acceptors (Lipinski definition) is 8. The van der Waals surface area contributed by atoms with Crippen LogP contribution in [-0.4, -0.2) is 31.2 Å². The van der Waals surface area contributed by atoms with Crippen molar-refractivity contribution in [3.05, 3.63) is 36.3 Å². The van der Waals surface area contributed by atoms with E-state index < -0.39 is 11.9 Å². The molecule has 11 heteroatoms. The Hall–Kier alpha value is -2.27. The summed E-state index contributed by atoms with van der Waals surface area (Å²) < 4.78 is 40.1. The van der Waals surface area contributed by atoms with Gasteiger partial charge in [0.15, 0.2) is 10.2 Å². The molecular formula is C15H11F3N6S2. The van der Waals surface area contributed by atoms with Crippen molar-refractivity contribution >= 4 is 28.2 Å². The summed E-state index contributed by atoms with van der Waals surface area (Å²) in [6.07, 6.45) is 0.578. The molecule has 3 aromatic rings. The van der Waals surface area contributed by atoms with Crippen molar-refractivity contribution in [1.82, 2.24) is 25.1 Å². The van der Waals surface area contributed by atoms with E-state index in [1.165, 1.54) is 23.7 Å². The molecule has 1 saturated carbocycles. The third-order valence-electron chi connectivity index (χ3n) is 3.43. The average Bonchev–Trinajstić information content (AvgIpc) is 3.33. The zero-order valence-corrected chi connectivity index (χ0v) is 14.7. The number of rotatable bonds is 5. The molecule has 0 saturated heterocycles. The monoisotopic (exact) mass is 396 g/mol. The number of nitrogens with one attached hydrogen (secondary N) is 1. The maximum absolute atomic E-state index is 13.2. The zero-order chi connectivity index (χ0) is 18.1. The van der Waals surface area contributed by atoms with Crippen molar-refractivity contribution in [2.45, 2.75) is 34.4 Å². The van der Waals surface area contributed by atoms with Crippen molar-refractivity contribution < 1.29 is 13.2 Å². The summed E-state index contributed by atoms with van der Waals surface area (Å²) in [5, 5.41) is 12.0. The molecular weight excluding hydrogens is 385 g/mol. The van der Waals surface area contributed by atoms with Gasteiger partial charge < -0.3 is 5.32 Å². The topological polar surface area (TPSA) is 76.5 Å². The van der Waals surface area contributed by atoms with E-state index in [0.29, 0.717) is 21.1 Å².